The highest BCUT2D eigenvalue weighted by molar-refractivity contribution is 5.23. The van der Waals surface area contributed by atoms with Crippen LogP contribution in [-0.4, -0.2) is 49.8 Å². The molecule has 1 unspecified atom stereocenters. The Morgan fingerprint density at radius 3 is 2.72 bits per heavy atom. The molecule has 1 saturated heterocycles. The smallest absolute Gasteiger partial charge is 0.280 e. The zero-order chi connectivity index (χ0) is 13.4. The highest BCUT2D eigenvalue weighted by atomic mass is 16.6. The topological polar surface area (TPSA) is 131 Å². The van der Waals surface area contributed by atoms with Crippen LogP contribution in [0.1, 0.15) is 11.7 Å². The van der Waals surface area contributed by atoms with Gasteiger partial charge in [0.05, 0.1) is 12.2 Å². The van der Waals surface area contributed by atoms with Crippen LogP contribution in [0.3, 0.4) is 0 Å². The molecule has 1 aromatic rings. The zero-order valence-corrected chi connectivity index (χ0v) is 9.72. The fourth-order valence-corrected chi connectivity index (χ4v) is 1.93. The molecular formula is C10H15N3O5. The summed E-state index contributed by atoms with van der Waals surface area (Å²) < 4.78 is 6.66. The van der Waals surface area contributed by atoms with E-state index in [0.29, 0.717) is 0 Å². The van der Waals surface area contributed by atoms with E-state index in [1.54, 1.807) is 7.05 Å². The van der Waals surface area contributed by atoms with E-state index < -0.39 is 36.6 Å². The lowest BCUT2D eigenvalue weighted by Gasteiger charge is -2.15. The number of aryl methyl sites for hydroxylation is 1. The molecule has 0 spiro atoms. The van der Waals surface area contributed by atoms with Gasteiger partial charge in [-0.2, -0.15) is 4.98 Å². The molecule has 18 heavy (non-hydrogen) atoms. The fraction of sp³-hybridized carbons (Fsp3) is 0.600. The third kappa shape index (κ3) is 1.99. The minimum Gasteiger partial charge on any atom is -0.394 e. The number of hydrogen-bond acceptors (Lipinski definition) is 7. The van der Waals surface area contributed by atoms with Gasteiger partial charge in [0.15, 0.2) is 0 Å². The van der Waals surface area contributed by atoms with Crippen molar-refractivity contribution in [2.75, 3.05) is 12.3 Å². The van der Waals surface area contributed by atoms with Gasteiger partial charge >= 0.3 is 0 Å². The summed E-state index contributed by atoms with van der Waals surface area (Å²) >= 11 is 0. The molecule has 5 N–H and O–H groups in total. The number of ether oxygens (including phenoxy) is 1. The van der Waals surface area contributed by atoms with Crippen LogP contribution in [0.15, 0.2) is 11.0 Å². The third-order valence-electron chi connectivity index (χ3n) is 3.01. The molecule has 2 heterocycles. The summed E-state index contributed by atoms with van der Waals surface area (Å²) in [7, 11) is 1.59. The van der Waals surface area contributed by atoms with Crippen LogP contribution in [0.5, 0.6) is 0 Å². The van der Waals surface area contributed by atoms with E-state index in [2.05, 4.69) is 4.98 Å². The van der Waals surface area contributed by atoms with Gasteiger partial charge in [-0.05, 0) is 0 Å². The number of rotatable bonds is 2. The Balaban J connectivity index is 2.39. The van der Waals surface area contributed by atoms with Gasteiger partial charge in [0.25, 0.3) is 5.56 Å². The average molecular weight is 257 g/mol. The van der Waals surface area contributed by atoms with E-state index in [4.69, 9.17) is 15.6 Å². The van der Waals surface area contributed by atoms with Crippen molar-refractivity contribution in [3.63, 3.8) is 0 Å². The van der Waals surface area contributed by atoms with Crippen molar-refractivity contribution < 1.29 is 20.1 Å². The van der Waals surface area contributed by atoms with Crippen LogP contribution in [0.25, 0.3) is 0 Å². The molecule has 8 nitrogen and oxygen atoms in total. The number of nitrogens with two attached hydrogens (primary N) is 1. The first-order valence-electron chi connectivity index (χ1n) is 5.41. The Hall–Kier alpha value is -1.48. The molecule has 1 fully saturated rings. The molecule has 8 heteroatoms. The minimum atomic E-state index is -1.29. The van der Waals surface area contributed by atoms with Gasteiger partial charge in [-0.25, -0.2) is 0 Å². The van der Waals surface area contributed by atoms with Gasteiger partial charge in [0.2, 0.25) is 5.95 Å². The summed E-state index contributed by atoms with van der Waals surface area (Å²) in [4.78, 5) is 15.3. The highest BCUT2D eigenvalue weighted by Crippen LogP contribution is 2.31. The van der Waals surface area contributed by atoms with Crippen molar-refractivity contribution in [3.05, 3.63) is 22.1 Å². The number of nitrogens with zero attached hydrogens (tertiary/aromatic N) is 2. The molecule has 1 aliphatic heterocycles. The Morgan fingerprint density at radius 2 is 2.17 bits per heavy atom. The zero-order valence-electron chi connectivity index (χ0n) is 9.72. The first-order valence-corrected chi connectivity index (χ1v) is 5.41. The maximum absolute atomic E-state index is 11.7. The molecule has 0 saturated carbocycles. The third-order valence-corrected chi connectivity index (χ3v) is 3.01. The molecule has 0 radical (unpaired) electrons. The SMILES string of the molecule is Cn1cc([C@@H]2O[C@H](CO)[C@H](O)C2O)c(=O)nc1N. The summed E-state index contributed by atoms with van der Waals surface area (Å²) in [5, 5.41) is 28.4. The molecule has 0 bridgehead atoms. The summed E-state index contributed by atoms with van der Waals surface area (Å²) in [6, 6.07) is 0. The minimum absolute atomic E-state index is 0.0375. The quantitative estimate of drug-likeness (QED) is 0.461. The molecule has 0 aromatic carbocycles. The van der Waals surface area contributed by atoms with Crippen molar-refractivity contribution in [3.8, 4) is 0 Å². The number of aliphatic hydroxyl groups excluding tert-OH is 3. The molecule has 0 aliphatic carbocycles. The molecule has 1 aromatic heterocycles. The Labute approximate surface area is 102 Å². The first kappa shape index (κ1) is 13.0. The average Bonchev–Trinajstić information content (AvgIpc) is 2.61. The second-order valence-corrected chi connectivity index (χ2v) is 4.23. The lowest BCUT2D eigenvalue weighted by Crippen LogP contribution is -2.33. The predicted molar refractivity (Wildman–Crippen MR) is 60.6 cm³/mol. The Morgan fingerprint density at radius 1 is 1.50 bits per heavy atom. The molecule has 0 amide bonds. The number of hydrogen-bond donors (Lipinski definition) is 4. The Kier molecular flexibility index (Phi) is 3.35. The second-order valence-electron chi connectivity index (χ2n) is 4.23. The normalized spacial score (nSPS) is 31.8. The summed E-state index contributed by atoms with van der Waals surface area (Å²) in [5.74, 6) is 0.0375. The first-order chi connectivity index (χ1) is 8.45. The van der Waals surface area contributed by atoms with Crippen molar-refractivity contribution >= 4 is 5.95 Å². The summed E-state index contributed by atoms with van der Waals surface area (Å²) in [6.07, 6.45) is -3.09. The number of anilines is 1. The fourth-order valence-electron chi connectivity index (χ4n) is 1.93. The van der Waals surface area contributed by atoms with Crippen molar-refractivity contribution in [2.45, 2.75) is 24.4 Å². The van der Waals surface area contributed by atoms with E-state index in [-0.39, 0.29) is 11.5 Å². The molecular weight excluding hydrogens is 242 g/mol. The van der Waals surface area contributed by atoms with Crippen molar-refractivity contribution in [1.29, 1.82) is 0 Å². The van der Waals surface area contributed by atoms with Crippen LogP contribution >= 0.6 is 0 Å². The number of aromatic nitrogens is 2. The van der Waals surface area contributed by atoms with E-state index in [1.165, 1.54) is 10.8 Å². The van der Waals surface area contributed by atoms with Crippen LogP contribution in [0, 0.1) is 0 Å². The largest absolute Gasteiger partial charge is 0.394 e. The van der Waals surface area contributed by atoms with Crippen LogP contribution < -0.4 is 11.3 Å². The lowest BCUT2D eigenvalue weighted by atomic mass is 10.0. The molecule has 1 aliphatic rings. The standard InChI is InChI=1S/C10H15N3O5/c1-13-2-4(9(17)12-10(13)11)8-7(16)6(15)5(3-14)18-8/h2,5-8,14-16H,3H2,1H3,(H2,11,12,17)/t5-,6+,7?,8+/m1/s1. The second kappa shape index (κ2) is 4.65. The van der Waals surface area contributed by atoms with Gasteiger partial charge in [-0.3, -0.25) is 4.79 Å². The van der Waals surface area contributed by atoms with E-state index >= 15 is 0 Å². The summed E-state index contributed by atoms with van der Waals surface area (Å²) in [6.45, 7) is -0.447. The van der Waals surface area contributed by atoms with Crippen molar-refractivity contribution in [1.82, 2.24) is 9.55 Å². The number of aliphatic hydroxyl groups is 3. The number of nitrogen functional groups attached to an aromatic ring is 1. The lowest BCUT2D eigenvalue weighted by molar-refractivity contribution is -0.0233. The van der Waals surface area contributed by atoms with Gasteiger partial charge in [-0.1, -0.05) is 0 Å². The van der Waals surface area contributed by atoms with Gasteiger partial charge in [0.1, 0.15) is 24.4 Å². The van der Waals surface area contributed by atoms with E-state index in [9.17, 15) is 15.0 Å². The maximum atomic E-state index is 11.7. The molecule has 2 rings (SSSR count). The Bertz CT molecular complexity index is 503. The monoisotopic (exact) mass is 257 g/mol. The van der Waals surface area contributed by atoms with E-state index in [1.807, 2.05) is 0 Å². The van der Waals surface area contributed by atoms with Gasteiger partial charge in [-0.15, -0.1) is 0 Å². The van der Waals surface area contributed by atoms with Crippen LogP contribution in [0.4, 0.5) is 5.95 Å². The molecule has 100 valence electrons. The maximum Gasteiger partial charge on any atom is 0.280 e. The summed E-state index contributed by atoms with van der Waals surface area (Å²) in [5.41, 5.74) is 4.93. The predicted octanol–water partition coefficient (Wildman–Crippen LogP) is -2.48. The van der Waals surface area contributed by atoms with Crippen molar-refractivity contribution in [2.24, 2.45) is 7.05 Å². The van der Waals surface area contributed by atoms with E-state index in [0.717, 1.165) is 0 Å². The van der Waals surface area contributed by atoms with Gasteiger partial charge < -0.3 is 30.4 Å². The van der Waals surface area contributed by atoms with Gasteiger partial charge in [0, 0.05) is 13.2 Å². The van der Waals surface area contributed by atoms with Crippen LogP contribution in [-0.2, 0) is 11.8 Å². The molecule has 4 atom stereocenters. The highest BCUT2D eigenvalue weighted by Gasteiger charge is 2.44. The van der Waals surface area contributed by atoms with Crippen LogP contribution in [0.2, 0.25) is 0 Å².